The SMILES string of the molecule is Cc1cc(Nc2nc(C(F)(F)c3ccc(F)cc3)nn3cc(CNS(C)(=O)=O)cc23)n[nH]1. The Morgan fingerprint density at radius 2 is 1.91 bits per heavy atom. The van der Waals surface area contributed by atoms with Crippen molar-refractivity contribution in [2.24, 2.45) is 0 Å². The molecule has 0 fully saturated rings. The van der Waals surface area contributed by atoms with Crippen LogP contribution in [0, 0.1) is 12.7 Å². The Hall–Kier alpha value is -3.45. The van der Waals surface area contributed by atoms with Gasteiger partial charge in [0.05, 0.1) is 6.26 Å². The van der Waals surface area contributed by atoms with Crippen LogP contribution in [0.25, 0.3) is 5.52 Å². The number of fused-ring (bicyclic) bond motifs is 1. The zero-order valence-corrected chi connectivity index (χ0v) is 17.7. The molecule has 3 aromatic heterocycles. The van der Waals surface area contributed by atoms with Crippen LogP contribution in [0.5, 0.6) is 0 Å². The second-order valence-electron chi connectivity index (χ2n) is 7.20. The van der Waals surface area contributed by atoms with Gasteiger partial charge in [0, 0.05) is 30.1 Å². The first-order valence-electron chi connectivity index (χ1n) is 9.28. The standard InChI is InChI=1S/C19H18F3N7O2S/c1-11-7-16(27-26-11)24-17-15-8-12(9-23-32(2,30)31)10-29(15)28-18(25-17)19(21,22)13-3-5-14(20)6-4-13/h3-8,10,23H,9H2,1-2H3,(H2,24,25,26,27,28). The molecular weight excluding hydrogens is 447 g/mol. The highest BCUT2D eigenvalue weighted by Gasteiger charge is 2.39. The van der Waals surface area contributed by atoms with Gasteiger partial charge in [-0.1, -0.05) is 0 Å². The van der Waals surface area contributed by atoms with E-state index in [0.717, 1.165) is 36.2 Å². The van der Waals surface area contributed by atoms with Crippen molar-refractivity contribution in [2.75, 3.05) is 11.6 Å². The largest absolute Gasteiger partial charge is 0.333 e. The van der Waals surface area contributed by atoms with Crippen LogP contribution in [0.15, 0.2) is 42.6 Å². The van der Waals surface area contributed by atoms with Gasteiger partial charge in [-0.2, -0.15) is 13.9 Å². The molecule has 9 nitrogen and oxygen atoms in total. The minimum Gasteiger partial charge on any atom is -0.322 e. The molecule has 1 aromatic carbocycles. The topological polar surface area (TPSA) is 117 Å². The number of aryl methyl sites for hydroxylation is 1. The Morgan fingerprint density at radius 1 is 1.19 bits per heavy atom. The lowest BCUT2D eigenvalue weighted by atomic mass is 10.1. The van der Waals surface area contributed by atoms with Gasteiger partial charge in [-0.15, -0.1) is 5.10 Å². The van der Waals surface area contributed by atoms with Crippen molar-refractivity contribution in [3.8, 4) is 0 Å². The van der Waals surface area contributed by atoms with E-state index >= 15 is 8.78 Å². The van der Waals surface area contributed by atoms with Gasteiger partial charge >= 0.3 is 5.92 Å². The minimum absolute atomic E-state index is 0.0360. The summed E-state index contributed by atoms with van der Waals surface area (Å²) in [7, 11) is -3.46. The molecule has 3 heterocycles. The number of rotatable bonds is 7. The van der Waals surface area contributed by atoms with E-state index in [0.29, 0.717) is 16.9 Å². The summed E-state index contributed by atoms with van der Waals surface area (Å²) in [6.07, 6.45) is 2.43. The normalized spacial score (nSPS) is 12.4. The van der Waals surface area contributed by atoms with Crippen LogP contribution in [0.2, 0.25) is 0 Å². The molecule has 0 bridgehead atoms. The lowest BCUT2D eigenvalue weighted by Crippen LogP contribution is -2.21. The van der Waals surface area contributed by atoms with E-state index in [-0.39, 0.29) is 12.4 Å². The predicted octanol–water partition coefficient (Wildman–Crippen LogP) is 2.83. The molecule has 0 unspecified atom stereocenters. The number of aromatic nitrogens is 5. The van der Waals surface area contributed by atoms with Crippen molar-refractivity contribution >= 4 is 27.2 Å². The van der Waals surface area contributed by atoms with Crippen LogP contribution in [0.1, 0.15) is 22.6 Å². The van der Waals surface area contributed by atoms with Crippen LogP contribution in [0.4, 0.5) is 24.8 Å². The monoisotopic (exact) mass is 465 g/mol. The van der Waals surface area contributed by atoms with Crippen molar-refractivity contribution in [1.29, 1.82) is 0 Å². The molecule has 0 amide bonds. The van der Waals surface area contributed by atoms with Crippen molar-refractivity contribution in [3.05, 3.63) is 71.1 Å². The fraction of sp³-hybridized carbons (Fsp3) is 0.211. The summed E-state index contributed by atoms with van der Waals surface area (Å²) in [6.45, 7) is 1.71. The number of anilines is 2. The highest BCUT2D eigenvalue weighted by molar-refractivity contribution is 7.88. The maximum Gasteiger partial charge on any atom is 0.333 e. The molecule has 0 aliphatic rings. The molecule has 4 aromatic rings. The molecule has 3 N–H and O–H groups in total. The highest BCUT2D eigenvalue weighted by atomic mass is 32.2. The molecule has 0 saturated heterocycles. The second-order valence-corrected chi connectivity index (χ2v) is 9.03. The maximum atomic E-state index is 15.2. The third-order valence-electron chi connectivity index (χ3n) is 4.50. The number of hydrogen-bond donors (Lipinski definition) is 3. The summed E-state index contributed by atoms with van der Waals surface area (Å²) in [6, 6.07) is 7.01. The van der Waals surface area contributed by atoms with Gasteiger partial charge in [0.25, 0.3) is 0 Å². The second kappa shape index (κ2) is 7.91. The summed E-state index contributed by atoms with van der Waals surface area (Å²) in [5.41, 5.74) is 1.07. The van der Waals surface area contributed by atoms with Crippen molar-refractivity contribution < 1.29 is 21.6 Å². The van der Waals surface area contributed by atoms with Crippen LogP contribution < -0.4 is 10.0 Å². The van der Waals surface area contributed by atoms with Crippen LogP contribution in [-0.2, 0) is 22.5 Å². The van der Waals surface area contributed by atoms with Gasteiger partial charge in [-0.25, -0.2) is 27.0 Å². The Morgan fingerprint density at radius 3 is 2.53 bits per heavy atom. The number of nitrogens with zero attached hydrogens (tertiary/aromatic N) is 4. The first kappa shape index (κ1) is 21.8. The molecule has 168 valence electrons. The van der Waals surface area contributed by atoms with Crippen LogP contribution >= 0.6 is 0 Å². The number of nitrogens with one attached hydrogen (secondary N) is 3. The molecule has 0 spiro atoms. The first-order valence-corrected chi connectivity index (χ1v) is 11.2. The molecule has 0 aliphatic carbocycles. The Bertz CT molecular complexity index is 1380. The smallest absolute Gasteiger partial charge is 0.322 e. The van der Waals surface area contributed by atoms with Gasteiger partial charge in [0.2, 0.25) is 15.8 Å². The lowest BCUT2D eigenvalue weighted by Gasteiger charge is -2.16. The Kier molecular flexibility index (Phi) is 5.38. The lowest BCUT2D eigenvalue weighted by molar-refractivity contribution is 0.0315. The number of aromatic amines is 1. The predicted molar refractivity (Wildman–Crippen MR) is 111 cm³/mol. The van der Waals surface area contributed by atoms with Gasteiger partial charge in [-0.05, 0) is 42.8 Å². The van der Waals surface area contributed by atoms with Gasteiger partial charge in [0.1, 0.15) is 11.3 Å². The zero-order valence-electron chi connectivity index (χ0n) is 16.9. The van der Waals surface area contributed by atoms with E-state index < -0.39 is 33.2 Å². The van der Waals surface area contributed by atoms with Gasteiger partial charge < -0.3 is 5.32 Å². The number of sulfonamides is 1. The van der Waals surface area contributed by atoms with E-state index in [1.807, 2.05) is 0 Å². The number of hydrogen-bond acceptors (Lipinski definition) is 6. The Labute approximate surface area is 180 Å². The molecule has 0 radical (unpaired) electrons. The zero-order chi connectivity index (χ0) is 23.1. The molecule has 4 rings (SSSR count). The average Bonchev–Trinajstić information content (AvgIpc) is 3.32. The number of halogens is 3. The van der Waals surface area contributed by atoms with E-state index in [4.69, 9.17) is 0 Å². The first-order chi connectivity index (χ1) is 15.0. The van der Waals surface area contributed by atoms with E-state index in [2.05, 4.69) is 30.3 Å². The summed E-state index contributed by atoms with van der Waals surface area (Å²) in [5.74, 6) is -4.73. The fourth-order valence-electron chi connectivity index (χ4n) is 2.98. The maximum absolute atomic E-state index is 15.2. The van der Waals surface area contributed by atoms with Crippen LogP contribution in [0.3, 0.4) is 0 Å². The third-order valence-corrected chi connectivity index (χ3v) is 5.17. The number of H-pyrrole nitrogens is 1. The summed E-state index contributed by atoms with van der Waals surface area (Å²) in [4.78, 5) is 4.02. The van der Waals surface area contributed by atoms with Crippen molar-refractivity contribution in [3.63, 3.8) is 0 Å². The average molecular weight is 465 g/mol. The van der Waals surface area contributed by atoms with E-state index in [1.54, 1.807) is 19.1 Å². The van der Waals surface area contributed by atoms with Gasteiger partial charge in [0.15, 0.2) is 11.6 Å². The van der Waals surface area contributed by atoms with Crippen LogP contribution in [-0.4, -0.2) is 39.5 Å². The molecule has 0 saturated carbocycles. The third kappa shape index (κ3) is 4.57. The number of alkyl halides is 2. The van der Waals surface area contributed by atoms with Crippen molar-refractivity contribution in [1.82, 2.24) is 29.5 Å². The van der Waals surface area contributed by atoms with E-state index in [9.17, 15) is 12.8 Å². The fourth-order valence-corrected chi connectivity index (χ4v) is 3.41. The van der Waals surface area contributed by atoms with E-state index in [1.165, 1.54) is 10.7 Å². The summed E-state index contributed by atoms with van der Waals surface area (Å²) in [5, 5.41) is 13.6. The quantitative estimate of drug-likeness (QED) is 0.386. The highest BCUT2D eigenvalue weighted by Crippen LogP contribution is 2.35. The van der Waals surface area contributed by atoms with Gasteiger partial charge in [-0.3, -0.25) is 5.10 Å². The Balaban J connectivity index is 1.81. The van der Waals surface area contributed by atoms with Crippen molar-refractivity contribution in [2.45, 2.75) is 19.4 Å². The molecule has 32 heavy (non-hydrogen) atoms. The molecular formula is C19H18F3N7O2S. The molecule has 13 heteroatoms. The summed E-state index contributed by atoms with van der Waals surface area (Å²) < 4.78 is 69.9. The minimum atomic E-state index is -3.63. The molecule has 0 aliphatic heterocycles. The summed E-state index contributed by atoms with van der Waals surface area (Å²) >= 11 is 0. The number of benzene rings is 1. The molecule has 0 atom stereocenters.